The van der Waals surface area contributed by atoms with E-state index >= 15 is 0 Å². The summed E-state index contributed by atoms with van der Waals surface area (Å²) < 4.78 is 4.55. The second-order valence-corrected chi connectivity index (χ2v) is 2.36. The van der Waals surface area contributed by atoms with E-state index in [9.17, 15) is 4.79 Å². The van der Waals surface area contributed by atoms with Gasteiger partial charge < -0.3 is 4.74 Å². The summed E-state index contributed by atoms with van der Waals surface area (Å²) in [5.41, 5.74) is 0.823. The van der Waals surface area contributed by atoms with Crippen LogP contribution in [0.4, 0.5) is 10.5 Å². The molecule has 64 valence electrons. The standard InChI is InChI=1S/C9H11NO2/c1-10(9(11)12-2)8-6-4-3-5-7-8/h3-7H,1-2H3. The molecule has 0 heterocycles. The molecule has 0 N–H and O–H groups in total. The first-order valence-corrected chi connectivity index (χ1v) is 3.62. The minimum absolute atomic E-state index is 0.360. The summed E-state index contributed by atoms with van der Waals surface area (Å²) in [4.78, 5) is 12.5. The Morgan fingerprint density at radius 2 is 1.92 bits per heavy atom. The number of rotatable bonds is 1. The third-order valence-corrected chi connectivity index (χ3v) is 1.59. The summed E-state index contributed by atoms with van der Waals surface area (Å²) in [5.74, 6) is 0. The Bertz CT molecular complexity index is 258. The third kappa shape index (κ3) is 1.75. The number of ether oxygens (including phenoxy) is 1. The molecule has 0 atom stereocenters. The van der Waals surface area contributed by atoms with Crippen LogP contribution in [0.1, 0.15) is 0 Å². The highest BCUT2D eigenvalue weighted by Gasteiger charge is 2.08. The second kappa shape index (κ2) is 3.76. The molecule has 1 rings (SSSR count). The minimum atomic E-state index is -0.360. The van der Waals surface area contributed by atoms with Crippen LogP contribution in [0.5, 0.6) is 0 Å². The SMILES string of the molecule is COC(=O)N(C)c1ccccc1. The van der Waals surface area contributed by atoms with Gasteiger partial charge in [0.1, 0.15) is 0 Å². The Hall–Kier alpha value is -1.51. The van der Waals surface area contributed by atoms with E-state index in [-0.39, 0.29) is 6.09 Å². The summed E-state index contributed by atoms with van der Waals surface area (Å²) in [7, 11) is 3.03. The first-order chi connectivity index (χ1) is 5.75. The van der Waals surface area contributed by atoms with Crippen LogP contribution in [0.3, 0.4) is 0 Å². The Morgan fingerprint density at radius 3 is 2.42 bits per heavy atom. The number of amides is 1. The van der Waals surface area contributed by atoms with Crippen LogP contribution >= 0.6 is 0 Å². The van der Waals surface area contributed by atoms with Gasteiger partial charge in [-0.2, -0.15) is 0 Å². The lowest BCUT2D eigenvalue weighted by Crippen LogP contribution is -2.25. The molecule has 3 nitrogen and oxygen atoms in total. The summed E-state index contributed by atoms with van der Waals surface area (Å²) >= 11 is 0. The zero-order chi connectivity index (χ0) is 8.97. The molecule has 0 aliphatic carbocycles. The fourth-order valence-electron chi connectivity index (χ4n) is 0.894. The summed E-state index contributed by atoms with van der Waals surface area (Å²) in [6.45, 7) is 0. The van der Waals surface area contributed by atoms with Gasteiger partial charge in [-0.05, 0) is 12.1 Å². The van der Waals surface area contributed by atoms with E-state index in [1.54, 1.807) is 7.05 Å². The van der Waals surface area contributed by atoms with E-state index in [1.165, 1.54) is 12.0 Å². The molecule has 0 fully saturated rings. The predicted octanol–water partition coefficient (Wildman–Crippen LogP) is 1.89. The Kier molecular flexibility index (Phi) is 2.69. The lowest BCUT2D eigenvalue weighted by molar-refractivity contribution is 0.180. The molecule has 0 aromatic heterocycles. The molecular formula is C9H11NO2. The van der Waals surface area contributed by atoms with Gasteiger partial charge in [-0.1, -0.05) is 18.2 Å². The predicted molar refractivity (Wildman–Crippen MR) is 47.3 cm³/mol. The van der Waals surface area contributed by atoms with Gasteiger partial charge in [0, 0.05) is 12.7 Å². The Balaban J connectivity index is 2.78. The van der Waals surface area contributed by atoms with Crippen LogP contribution in [0.15, 0.2) is 30.3 Å². The molecule has 12 heavy (non-hydrogen) atoms. The van der Waals surface area contributed by atoms with Gasteiger partial charge >= 0.3 is 6.09 Å². The fourth-order valence-corrected chi connectivity index (χ4v) is 0.894. The van der Waals surface area contributed by atoms with Gasteiger partial charge in [0.15, 0.2) is 0 Å². The maximum absolute atomic E-state index is 11.0. The van der Waals surface area contributed by atoms with Crippen molar-refractivity contribution >= 4 is 11.8 Å². The van der Waals surface area contributed by atoms with E-state index in [4.69, 9.17) is 0 Å². The largest absolute Gasteiger partial charge is 0.452 e. The number of benzene rings is 1. The number of para-hydroxylation sites is 1. The lowest BCUT2D eigenvalue weighted by Gasteiger charge is -2.14. The van der Waals surface area contributed by atoms with Crippen LogP contribution in [-0.2, 0) is 4.74 Å². The molecule has 1 amide bonds. The van der Waals surface area contributed by atoms with Gasteiger partial charge in [0.25, 0.3) is 0 Å². The van der Waals surface area contributed by atoms with E-state index in [0.717, 1.165) is 5.69 Å². The van der Waals surface area contributed by atoms with Crippen LogP contribution < -0.4 is 4.90 Å². The molecule has 3 heteroatoms. The highest BCUT2D eigenvalue weighted by molar-refractivity contribution is 5.86. The number of hydrogen-bond donors (Lipinski definition) is 0. The topological polar surface area (TPSA) is 29.5 Å². The fraction of sp³-hybridized carbons (Fsp3) is 0.222. The van der Waals surface area contributed by atoms with E-state index in [1.807, 2.05) is 30.3 Å². The van der Waals surface area contributed by atoms with E-state index in [0.29, 0.717) is 0 Å². The molecular weight excluding hydrogens is 154 g/mol. The summed E-state index contributed by atoms with van der Waals surface area (Å²) in [6.07, 6.45) is -0.360. The highest BCUT2D eigenvalue weighted by Crippen LogP contribution is 2.11. The highest BCUT2D eigenvalue weighted by atomic mass is 16.5. The first-order valence-electron chi connectivity index (χ1n) is 3.62. The number of hydrogen-bond acceptors (Lipinski definition) is 2. The van der Waals surface area contributed by atoms with Crippen molar-refractivity contribution in [2.24, 2.45) is 0 Å². The Morgan fingerprint density at radius 1 is 1.33 bits per heavy atom. The number of anilines is 1. The zero-order valence-corrected chi connectivity index (χ0v) is 7.15. The molecule has 0 radical (unpaired) electrons. The molecule has 0 saturated heterocycles. The molecule has 0 unspecified atom stereocenters. The molecule has 1 aromatic rings. The summed E-state index contributed by atoms with van der Waals surface area (Å²) in [6, 6.07) is 9.33. The molecule has 0 aliphatic heterocycles. The van der Waals surface area contributed by atoms with Crippen molar-refractivity contribution in [2.75, 3.05) is 19.1 Å². The summed E-state index contributed by atoms with van der Waals surface area (Å²) in [5, 5.41) is 0. The van der Waals surface area contributed by atoms with Crippen LogP contribution in [-0.4, -0.2) is 20.3 Å². The van der Waals surface area contributed by atoms with E-state index < -0.39 is 0 Å². The monoisotopic (exact) mass is 165 g/mol. The molecule has 0 saturated carbocycles. The average molecular weight is 165 g/mol. The molecule has 0 spiro atoms. The number of carbonyl (C=O) groups excluding carboxylic acids is 1. The maximum atomic E-state index is 11.0. The second-order valence-electron chi connectivity index (χ2n) is 2.36. The van der Waals surface area contributed by atoms with Crippen molar-refractivity contribution in [1.82, 2.24) is 0 Å². The molecule has 1 aromatic carbocycles. The Labute approximate surface area is 71.6 Å². The number of carbonyl (C=O) groups is 1. The van der Waals surface area contributed by atoms with Crippen molar-refractivity contribution in [3.8, 4) is 0 Å². The number of methoxy groups -OCH3 is 1. The number of nitrogens with zero attached hydrogens (tertiary/aromatic N) is 1. The lowest BCUT2D eigenvalue weighted by atomic mass is 10.3. The van der Waals surface area contributed by atoms with Crippen molar-refractivity contribution in [3.63, 3.8) is 0 Å². The van der Waals surface area contributed by atoms with Gasteiger partial charge in [-0.15, -0.1) is 0 Å². The molecule has 0 bridgehead atoms. The van der Waals surface area contributed by atoms with Gasteiger partial charge in [-0.25, -0.2) is 4.79 Å². The minimum Gasteiger partial charge on any atom is -0.452 e. The van der Waals surface area contributed by atoms with Crippen molar-refractivity contribution in [2.45, 2.75) is 0 Å². The first kappa shape index (κ1) is 8.59. The molecule has 0 aliphatic rings. The normalized spacial score (nSPS) is 9.17. The van der Waals surface area contributed by atoms with Crippen molar-refractivity contribution in [3.05, 3.63) is 30.3 Å². The van der Waals surface area contributed by atoms with Gasteiger partial charge in [0.2, 0.25) is 0 Å². The zero-order valence-electron chi connectivity index (χ0n) is 7.15. The third-order valence-electron chi connectivity index (χ3n) is 1.59. The van der Waals surface area contributed by atoms with Crippen molar-refractivity contribution in [1.29, 1.82) is 0 Å². The maximum Gasteiger partial charge on any atom is 0.413 e. The van der Waals surface area contributed by atoms with Crippen LogP contribution in [0, 0.1) is 0 Å². The quantitative estimate of drug-likeness (QED) is 0.636. The van der Waals surface area contributed by atoms with Crippen molar-refractivity contribution < 1.29 is 9.53 Å². The average Bonchev–Trinajstić information content (AvgIpc) is 2.17. The van der Waals surface area contributed by atoms with Crippen LogP contribution in [0.25, 0.3) is 0 Å². The van der Waals surface area contributed by atoms with Gasteiger partial charge in [-0.3, -0.25) is 4.90 Å². The van der Waals surface area contributed by atoms with Gasteiger partial charge in [0.05, 0.1) is 7.11 Å². The smallest absolute Gasteiger partial charge is 0.413 e. The van der Waals surface area contributed by atoms with E-state index in [2.05, 4.69) is 4.74 Å². The van der Waals surface area contributed by atoms with Crippen LogP contribution in [0.2, 0.25) is 0 Å².